The van der Waals surface area contributed by atoms with E-state index in [0.717, 1.165) is 0 Å². The first-order chi connectivity index (χ1) is 15.9. The van der Waals surface area contributed by atoms with Crippen molar-refractivity contribution in [1.29, 1.82) is 0 Å². The summed E-state index contributed by atoms with van der Waals surface area (Å²) >= 11 is -2.76. The molecule has 35 heavy (non-hydrogen) atoms. The van der Waals surface area contributed by atoms with Crippen molar-refractivity contribution in [3.05, 3.63) is 106 Å². The van der Waals surface area contributed by atoms with Crippen molar-refractivity contribution in [2.45, 2.75) is 42.2 Å². The Balaban J connectivity index is 0.00000127. The Bertz CT molecular complexity index is 1450. The minimum atomic E-state index is -2.76. The van der Waals surface area contributed by atoms with E-state index in [1.807, 2.05) is 0 Å². The molecular formula is C32H30Cl2Zr. The van der Waals surface area contributed by atoms with Crippen LogP contribution in [-0.2, 0) is 20.3 Å². The molecule has 1 fully saturated rings. The van der Waals surface area contributed by atoms with Gasteiger partial charge < -0.3 is 24.8 Å². The van der Waals surface area contributed by atoms with Crippen molar-refractivity contribution in [3.63, 3.8) is 0 Å². The topological polar surface area (TPSA) is 0 Å². The second-order valence-corrected chi connectivity index (χ2v) is 23.5. The van der Waals surface area contributed by atoms with Crippen molar-refractivity contribution >= 4 is 33.7 Å². The number of allylic oxidation sites excluding steroid dienone is 2. The first kappa shape index (κ1) is 25.0. The van der Waals surface area contributed by atoms with E-state index in [0.29, 0.717) is 10.4 Å². The van der Waals surface area contributed by atoms with Crippen LogP contribution < -0.4 is 24.8 Å². The Morgan fingerprint density at radius 3 is 1.43 bits per heavy atom. The molecule has 4 aromatic rings. The second-order valence-electron chi connectivity index (χ2n) is 11.3. The van der Waals surface area contributed by atoms with Crippen molar-refractivity contribution in [2.75, 3.05) is 0 Å². The summed E-state index contributed by atoms with van der Waals surface area (Å²) in [5, 5.41) is 5.60. The van der Waals surface area contributed by atoms with Crippen LogP contribution in [0.15, 0.2) is 83.9 Å². The molecule has 3 heteroatoms. The first-order valence-electron chi connectivity index (χ1n) is 12.3. The van der Waals surface area contributed by atoms with Crippen molar-refractivity contribution in [3.8, 4) is 0 Å². The van der Waals surface area contributed by atoms with E-state index in [4.69, 9.17) is 0 Å². The Morgan fingerprint density at radius 2 is 1.03 bits per heavy atom. The fourth-order valence-electron chi connectivity index (χ4n) is 7.77. The van der Waals surface area contributed by atoms with Gasteiger partial charge in [-0.05, 0) is 0 Å². The van der Waals surface area contributed by atoms with E-state index in [1.165, 1.54) is 36.8 Å². The number of benzene rings is 4. The number of fused-ring (bicyclic) bond motifs is 6. The van der Waals surface area contributed by atoms with Crippen LogP contribution in [0.1, 0.15) is 57.2 Å². The zero-order chi connectivity index (χ0) is 22.5. The Labute approximate surface area is 225 Å². The van der Waals surface area contributed by atoms with Crippen LogP contribution in [-0.4, -0.2) is 0 Å². The maximum absolute atomic E-state index is 2.76. The number of rotatable bonds is 2. The maximum Gasteiger partial charge on any atom is -1.00 e. The summed E-state index contributed by atoms with van der Waals surface area (Å²) in [6.07, 6.45) is 5.09. The zero-order valence-corrected chi connectivity index (χ0v) is 24.7. The zero-order valence-electron chi connectivity index (χ0n) is 20.7. The average molecular weight is 577 g/mol. The van der Waals surface area contributed by atoms with Crippen molar-refractivity contribution in [2.24, 2.45) is 0 Å². The molecule has 0 saturated carbocycles. The van der Waals surface area contributed by atoms with Crippen LogP contribution in [0.3, 0.4) is 0 Å². The summed E-state index contributed by atoms with van der Waals surface area (Å²) < 4.78 is 3.35. The van der Waals surface area contributed by atoms with Crippen LogP contribution >= 0.6 is 0 Å². The van der Waals surface area contributed by atoms with Crippen LogP contribution in [0.4, 0.5) is 0 Å². The summed E-state index contributed by atoms with van der Waals surface area (Å²) in [6.45, 7) is 10.1. The smallest absolute Gasteiger partial charge is 1.00 e. The van der Waals surface area contributed by atoms with Gasteiger partial charge in [0.05, 0.1) is 0 Å². The molecule has 2 unspecified atom stereocenters. The average Bonchev–Trinajstić information content (AvgIpc) is 3.08. The number of halogens is 2. The van der Waals surface area contributed by atoms with E-state index >= 15 is 0 Å². The molecule has 0 aromatic heterocycles. The van der Waals surface area contributed by atoms with E-state index in [9.17, 15) is 0 Å². The molecule has 1 aliphatic heterocycles. The maximum atomic E-state index is 2.60. The van der Waals surface area contributed by atoms with Gasteiger partial charge in [0.2, 0.25) is 0 Å². The van der Waals surface area contributed by atoms with Crippen LogP contribution in [0, 0.1) is 0 Å². The van der Waals surface area contributed by atoms with Gasteiger partial charge in [0.25, 0.3) is 0 Å². The monoisotopic (exact) mass is 574 g/mol. The van der Waals surface area contributed by atoms with Crippen molar-refractivity contribution in [1.82, 2.24) is 0 Å². The van der Waals surface area contributed by atoms with Gasteiger partial charge >= 0.3 is 202 Å². The largest absolute Gasteiger partial charge is 1.00 e. The second kappa shape index (κ2) is 8.44. The van der Waals surface area contributed by atoms with Crippen molar-refractivity contribution < 1.29 is 45.1 Å². The van der Waals surface area contributed by atoms with Crippen LogP contribution in [0.25, 0.3) is 33.7 Å². The summed E-state index contributed by atoms with van der Waals surface area (Å²) in [6, 6.07) is 27.6. The molecule has 0 nitrogen and oxygen atoms in total. The van der Waals surface area contributed by atoms with Gasteiger partial charge in [-0.25, -0.2) is 0 Å². The quantitative estimate of drug-likeness (QED) is 0.343. The third kappa shape index (κ3) is 3.28. The molecule has 1 saturated heterocycles. The van der Waals surface area contributed by atoms with Crippen LogP contribution in [0.5, 0.6) is 0 Å². The molecule has 2 atom stereocenters. The standard InChI is InChI=1S/2C14H11.C4H8.2ClH.Zr/c2*1-10-8-12-7-6-11-4-2-3-5-13(11)14(12)9-10;1-4(2)3;;;/h2*2-9H,1H3;1H2,2-3H3;2*1H;/q;;;;;+2/p-2. The third-order valence-electron chi connectivity index (χ3n) is 9.19. The molecule has 0 N–H and O–H groups in total. The SMILES string of the molecule is CC1=Cc2c(ccc3ccccc23)[CH]1[Zr+2]1([CH]2C(C)=Cc3c2ccc2ccccc32)[CH2][C]1(C)C.[Cl-].[Cl-]. The molecule has 0 spiro atoms. The van der Waals surface area contributed by atoms with E-state index in [-0.39, 0.29) is 24.8 Å². The Kier molecular flexibility index (Phi) is 6.03. The molecule has 176 valence electrons. The normalized spacial score (nSPS) is 23.4. The summed E-state index contributed by atoms with van der Waals surface area (Å²) in [4.78, 5) is 0. The Hall–Kier alpha value is -1.66. The van der Waals surface area contributed by atoms with Gasteiger partial charge in [0.15, 0.2) is 0 Å². The Morgan fingerprint density at radius 1 is 0.629 bits per heavy atom. The molecule has 0 amide bonds. The summed E-state index contributed by atoms with van der Waals surface area (Å²) in [7, 11) is 0. The molecule has 0 bridgehead atoms. The first-order valence-corrected chi connectivity index (χ1v) is 18.1. The molecule has 1 heterocycles. The molecular weight excluding hydrogens is 546 g/mol. The van der Waals surface area contributed by atoms with E-state index in [1.54, 1.807) is 22.3 Å². The van der Waals surface area contributed by atoms with Gasteiger partial charge in [0.1, 0.15) is 0 Å². The molecule has 4 aromatic carbocycles. The minimum absolute atomic E-state index is 0. The minimum Gasteiger partial charge on any atom is -1.00 e. The van der Waals surface area contributed by atoms with Gasteiger partial charge in [-0.1, -0.05) is 0 Å². The summed E-state index contributed by atoms with van der Waals surface area (Å²) in [5.74, 6) is 0. The van der Waals surface area contributed by atoms with Gasteiger partial charge in [-0.15, -0.1) is 0 Å². The fraction of sp³-hybridized carbons (Fsp3) is 0.250. The predicted molar refractivity (Wildman–Crippen MR) is 140 cm³/mol. The predicted octanol–water partition coefficient (Wildman–Crippen LogP) is 3.40. The molecule has 3 aliphatic rings. The molecule has 2 aliphatic carbocycles. The van der Waals surface area contributed by atoms with Gasteiger partial charge in [0, 0.05) is 0 Å². The van der Waals surface area contributed by atoms with Gasteiger partial charge in [-0.3, -0.25) is 0 Å². The van der Waals surface area contributed by atoms with Crippen LogP contribution in [0.2, 0.25) is 7.25 Å². The fourth-order valence-corrected chi connectivity index (χ4v) is 28.2. The summed E-state index contributed by atoms with van der Waals surface area (Å²) in [5.41, 5.74) is 9.54. The number of hydrogen-bond acceptors (Lipinski definition) is 0. The van der Waals surface area contributed by atoms with E-state index < -0.39 is 20.3 Å². The number of hydrogen-bond donors (Lipinski definition) is 0. The molecule has 7 rings (SSSR count). The van der Waals surface area contributed by atoms with E-state index in [2.05, 4.69) is 113 Å². The molecule has 0 radical (unpaired) electrons. The van der Waals surface area contributed by atoms with Gasteiger partial charge in [-0.2, -0.15) is 0 Å². The third-order valence-corrected chi connectivity index (χ3v) is 27.2.